The summed E-state index contributed by atoms with van der Waals surface area (Å²) in [5, 5.41) is 15.9. The van der Waals surface area contributed by atoms with Gasteiger partial charge in [-0.2, -0.15) is 4.80 Å². The van der Waals surface area contributed by atoms with E-state index in [-0.39, 0.29) is 24.4 Å². The molecule has 0 unspecified atom stereocenters. The van der Waals surface area contributed by atoms with Crippen molar-refractivity contribution in [2.45, 2.75) is 64.1 Å². The summed E-state index contributed by atoms with van der Waals surface area (Å²) in [6, 6.07) is 22.4. The van der Waals surface area contributed by atoms with Gasteiger partial charge >= 0.3 is 0 Å². The van der Waals surface area contributed by atoms with Crippen LogP contribution in [0.4, 0.5) is 0 Å². The van der Waals surface area contributed by atoms with E-state index in [0.717, 1.165) is 42.4 Å². The Balaban J connectivity index is 1.43. The molecule has 1 fully saturated rings. The molecule has 1 aliphatic rings. The van der Waals surface area contributed by atoms with Gasteiger partial charge < -0.3 is 10.2 Å². The number of tetrazole rings is 1. The van der Waals surface area contributed by atoms with Crippen molar-refractivity contribution in [3.63, 3.8) is 0 Å². The van der Waals surface area contributed by atoms with Crippen molar-refractivity contribution in [1.82, 2.24) is 35.4 Å². The summed E-state index contributed by atoms with van der Waals surface area (Å²) in [6.45, 7) is 2.23. The predicted octanol–water partition coefficient (Wildman–Crippen LogP) is 4.31. The highest BCUT2D eigenvalue weighted by Gasteiger charge is 2.34. The maximum absolute atomic E-state index is 13.9. The molecule has 1 atom stereocenters. The molecule has 9 nitrogen and oxygen atoms in total. The minimum absolute atomic E-state index is 0.103. The third-order valence-electron chi connectivity index (χ3n) is 7.29. The molecule has 1 saturated carbocycles. The molecule has 0 radical (unpaired) electrons. The number of aryl methyl sites for hydroxylation is 1. The lowest BCUT2D eigenvalue weighted by atomic mass is 9.95. The molecule has 40 heavy (non-hydrogen) atoms. The van der Waals surface area contributed by atoms with Gasteiger partial charge in [0.15, 0.2) is 6.04 Å². The standard InChI is InChI=1S/C31H35N7O2/c1-23-11-10-12-24(21-23)18-20-37(28(39)22-38-35-30(34-36-38)25-13-4-2-5-14-25)29(27-17-8-9-19-32-27)31(40)33-26-15-6-3-7-16-26/h2,4-5,8-14,17,19,21,26,29H,3,6-7,15-16,18,20,22H2,1H3,(H,33,40)/t29-/m0/s1. The Kier molecular flexibility index (Phi) is 8.90. The molecule has 2 aromatic carbocycles. The van der Waals surface area contributed by atoms with Crippen LogP contribution in [0.15, 0.2) is 79.0 Å². The largest absolute Gasteiger partial charge is 0.351 e. The van der Waals surface area contributed by atoms with Crippen LogP contribution in [0, 0.1) is 6.92 Å². The first-order valence-electron chi connectivity index (χ1n) is 14.0. The van der Waals surface area contributed by atoms with Crippen LogP contribution in [0.3, 0.4) is 0 Å². The topological polar surface area (TPSA) is 106 Å². The zero-order valence-electron chi connectivity index (χ0n) is 22.8. The molecule has 5 rings (SSSR count). The quantitative estimate of drug-likeness (QED) is 0.323. The smallest absolute Gasteiger partial charge is 0.249 e. The van der Waals surface area contributed by atoms with Gasteiger partial charge in [-0.15, -0.1) is 10.2 Å². The van der Waals surface area contributed by atoms with Crippen LogP contribution >= 0.6 is 0 Å². The second-order valence-corrected chi connectivity index (χ2v) is 10.3. The summed E-state index contributed by atoms with van der Waals surface area (Å²) in [6.07, 6.45) is 7.52. The first-order chi connectivity index (χ1) is 19.6. The van der Waals surface area contributed by atoms with Gasteiger partial charge in [0.05, 0.1) is 5.69 Å². The van der Waals surface area contributed by atoms with Crippen LogP contribution in [-0.2, 0) is 22.6 Å². The average molecular weight is 538 g/mol. The summed E-state index contributed by atoms with van der Waals surface area (Å²) >= 11 is 0. The molecule has 2 amide bonds. The summed E-state index contributed by atoms with van der Waals surface area (Å²) < 4.78 is 0. The van der Waals surface area contributed by atoms with Crippen LogP contribution in [0.25, 0.3) is 11.4 Å². The van der Waals surface area contributed by atoms with E-state index in [1.165, 1.54) is 11.2 Å². The summed E-state index contributed by atoms with van der Waals surface area (Å²) in [5.41, 5.74) is 3.59. The second-order valence-electron chi connectivity index (χ2n) is 10.3. The first kappa shape index (κ1) is 27.2. The monoisotopic (exact) mass is 537 g/mol. The Morgan fingerprint density at radius 3 is 2.55 bits per heavy atom. The van der Waals surface area contributed by atoms with Gasteiger partial charge in [0.2, 0.25) is 17.6 Å². The number of benzene rings is 2. The van der Waals surface area contributed by atoms with Crippen molar-refractivity contribution in [3.8, 4) is 11.4 Å². The molecular weight excluding hydrogens is 502 g/mol. The molecule has 0 saturated heterocycles. The van der Waals surface area contributed by atoms with E-state index in [2.05, 4.69) is 31.8 Å². The van der Waals surface area contributed by atoms with Gasteiger partial charge in [-0.05, 0) is 49.1 Å². The lowest BCUT2D eigenvalue weighted by Crippen LogP contribution is -2.48. The van der Waals surface area contributed by atoms with E-state index in [1.54, 1.807) is 17.2 Å². The highest BCUT2D eigenvalue weighted by atomic mass is 16.2. The number of carbonyl (C=O) groups excluding carboxylic acids is 2. The number of pyridine rings is 1. The highest BCUT2D eigenvalue weighted by molar-refractivity contribution is 5.88. The fourth-order valence-corrected chi connectivity index (χ4v) is 5.24. The zero-order valence-corrected chi connectivity index (χ0v) is 22.8. The van der Waals surface area contributed by atoms with Gasteiger partial charge in [0.25, 0.3) is 0 Å². The number of aromatic nitrogens is 5. The Hall–Kier alpha value is -4.40. The van der Waals surface area contributed by atoms with E-state index in [4.69, 9.17) is 0 Å². The van der Waals surface area contributed by atoms with Gasteiger partial charge in [-0.3, -0.25) is 14.6 Å². The minimum atomic E-state index is -0.877. The lowest BCUT2D eigenvalue weighted by Gasteiger charge is -2.32. The molecule has 2 heterocycles. The van der Waals surface area contributed by atoms with Crippen molar-refractivity contribution in [2.75, 3.05) is 6.54 Å². The van der Waals surface area contributed by atoms with Crippen LogP contribution in [0.1, 0.15) is 55.0 Å². The second kappa shape index (κ2) is 13.1. The van der Waals surface area contributed by atoms with Crippen molar-refractivity contribution < 1.29 is 9.59 Å². The normalized spacial score (nSPS) is 14.4. The Morgan fingerprint density at radius 2 is 1.80 bits per heavy atom. The molecule has 2 aromatic heterocycles. The van der Waals surface area contributed by atoms with Gasteiger partial charge in [-0.25, -0.2) is 0 Å². The molecule has 9 heteroatoms. The van der Waals surface area contributed by atoms with E-state index in [1.807, 2.05) is 67.6 Å². The van der Waals surface area contributed by atoms with Crippen molar-refractivity contribution in [2.24, 2.45) is 0 Å². The molecular formula is C31H35N7O2. The average Bonchev–Trinajstić information content (AvgIpc) is 3.45. The minimum Gasteiger partial charge on any atom is -0.351 e. The molecule has 1 aliphatic carbocycles. The molecule has 1 N–H and O–H groups in total. The van der Waals surface area contributed by atoms with E-state index < -0.39 is 6.04 Å². The number of hydrogen-bond donors (Lipinski definition) is 1. The summed E-state index contributed by atoms with van der Waals surface area (Å²) in [5.74, 6) is -0.0464. The van der Waals surface area contributed by atoms with Crippen LogP contribution < -0.4 is 5.32 Å². The zero-order chi connectivity index (χ0) is 27.7. The fourth-order valence-electron chi connectivity index (χ4n) is 5.24. The van der Waals surface area contributed by atoms with Gasteiger partial charge in [-0.1, -0.05) is 85.5 Å². The van der Waals surface area contributed by atoms with Crippen LogP contribution in [0.5, 0.6) is 0 Å². The van der Waals surface area contributed by atoms with Crippen LogP contribution in [0.2, 0.25) is 0 Å². The maximum atomic E-state index is 13.9. The number of nitrogens with one attached hydrogen (secondary N) is 1. The van der Waals surface area contributed by atoms with Crippen molar-refractivity contribution in [1.29, 1.82) is 0 Å². The Morgan fingerprint density at radius 1 is 1.00 bits per heavy atom. The molecule has 4 aromatic rings. The maximum Gasteiger partial charge on any atom is 0.249 e. The van der Waals surface area contributed by atoms with Crippen LogP contribution in [-0.4, -0.2) is 54.5 Å². The number of hydrogen-bond acceptors (Lipinski definition) is 6. The number of rotatable bonds is 10. The molecule has 0 aliphatic heterocycles. The number of carbonyl (C=O) groups is 2. The summed E-state index contributed by atoms with van der Waals surface area (Å²) in [4.78, 5) is 35.2. The van der Waals surface area contributed by atoms with Crippen molar-refractivity contribution >= 4 is 11.8 Å². The Bertz CT molecular complexity index is 1400. The molecule has 0 bridgehead atoms. The third-order valence-corrected chi connectivity index (χ3v) is 7.29. The van der Waals surface area contributed by atoms with Crippen molar-refractivity contribution in [3.05, 3.63) is 95.8 Å². The van der Waals surface area contributed by atoms with Gasteiger partial charge in [0, 0.05) is 24.3 Å². The SMILES string of the molecule is Cc1cccc(CCN(C(=O)Cn2nnc(-c3ccccc3)n2)[C@H](C(=O)NC2CCCCC2)c2ccccn2)c1. The predicted molar refractivity (Wildman–Crippen MR) is 152 cm³/mol. The van der Waals surface area contributed by atoms with E-state index in [9.17, 15) is 9.59 Å². The number of amides is 2. The molecule has 0 spiro atoms. The Labute approximate surface area is 234 Å². The third kappa shape index (κ3) is 6.97. The fraction of sp³-hybridized carbons (Fsp3) is 0.355. The number of nitrogens with zero attached hydrogens (tertiary/aromatic N) is 6. The highest BCUT2D eigenvalue weighted by Crippen LogP contribution is 2.24. The lowest BCUT2D eigenvalue weighted by molar-refractivity contribution is -0.142. The first-order valence-corrected chi connectivity index (χ1v) is 14.0. The molecule has 206 valence electrons. The summed E-state index contributed by atoms with van der Waals surface area (Å²) in [7, 11) is 0. The van der Waals surface area contributed by atoms with Gasteiger partial charge in [0.1, 0.15) is 6.54 Å². The van der Waals surface area contributed by atoms with E-state index >= 15 is 0 Å². The van der Waals surface area contributed by atoms with E-state index in [0.29, 0.717) is 24.5 Å².